The van der Waals surface area contributed by atoms with E-state index < -0.39 is 7.60 Å². The summed E-state index contributed by atoms with van der Waals surface area (Å²) in [5.74, 6) is 1.98. The summed E-state index contributed by atoms with van der Waals surface area (Å²) in [6, 6.07) is 0. The average molecular weight is 340 g/mol. The number of ether oxygens (including phenoxy) is 1. The molecule has 0 spiro atoms. The molecule has 0 aromatic carbocycles. The summed E-state index contributed by atoms with van der Waals surface area (Å²) in [5, 5.41) is 0.658. The van der Waals surface area contributed by atoms with Crippen LogP contribution in [-0.4, -0.2) is 29.0 Å². The van der Waals surface area contributed by atoms with E-state index in [0.29, 0.717) is 24.9 Å². The number of hydrogen-bond acceptors (Lipinski definition) is 6. The second-order valence-corrected chi connectivity index (χ2v) is 9.50. The lowest BCUT2D eigenvalue weighted by molar-refractivity contribution is 0.162. The third-order valence-corrected chi connectivity index (χ3v) is 7.73. The van der Waals surface area contributed by atoms with Crippen LogP contribution in [0, 0.1) is 0 Å². The highest BCUT2D eigenvalue weighted by atomic mass is 32.2. The summed E-state index contributed by atoms with van der Waals surface area (Å²) in [4.78, 5) is 0. The van der Waals surface area contributed by atoms with Crippen molar-refractivity contribution in [3.63, 3.8) is 0 Å². The maximum Gasteiger partial charge on any atom is 0.360 e. The first-order valence-electron chi connectivity index (χ1n) is 7.10. The third kappa shape index (κ3) is 4.70. The van der Waals surface area contributed by atoms with Gasteiger partial charge in [-0.25, -0.2) is 0 Å². The lowest BCUT2D eigenvalue weighted by atomic mass is 10.3. The van der Waals surface area contributed by atoms with Gasteiger partial charge in [-0.05, 0) is 31.8 Å². The largest absolute Gasteiger partial charge is 0.474 e. The van der Waals surface area contributed by atoms with Crippen molar-refractivity contribution in [3.05, 3.63) is 11.6 Å². The van der Waals surface area contributed by atoms with E-state index in [-0.39, 0.29) is 4.27 Å². The molecule has 0 radical (unpaired) electrons. The summed E-state index contributed by atoms with van der Waals surface area (Å²) in [6.07, 6.45) is 3.12. The highest BCUT2D eigenvalue weighted by Gasteiger charge is 2.40. The molecule has 1 rings (SSSR count). The highest BCUT2D eigenvalue weighted by molar-refractivity contribution is 8.17. The van der Waals surface area contributed by atoms with Gasteiger partial charge in [-0.3, -0.25) is 4.57 Å². The normalized spacial score (nSPS) is 18.5. The van der Waals surface area contributed by atoms with Crippen molar-refractivity contribution in [2.45, 2.75) is 44.8 Å². The quantitative estimate of drug-likeness (QED) is 0.431. The fraction of sp³-hybridized carbons (Fsp3) is 0.846. The van der Waals surface area contributed by atoms with Crippen LogP contribution in [0.1, 0.15) is 40.5 Å². The first-order valence-corrected chi connectivity index (χ1v) is 10.6. The second-order valence-electron chi connectivity index (χ2n) is 4.11. The molecule has 7 heteroatoms. The molecule has 0 N–H and O–H groups in total. The Morgan fingerprint density at radius 3 is 2.10 bits per heavy atom. The number of allylic oxidation sites excluding steroid dienone is 1. The molecule has 0 atom stereocenters. The lowest BCUT2D eigenvalue weighted by Crippen LogP contribution is -2.26. The van der Waals surface area contributed by atoms with Crippen LogP contribution in [0.4, 0.5) is 0 Å². The van der Waals surface area contributed by atoms with Gasteiger partial charge in [0.25, 0.3) is 0 Å². The van der Waals surface area contributed by atoms with Crippen LogP contribution < -0.4 is 0 Å². The highest BCUT2D eigenvalue weighted by Crippen LogP contribution is 2.60. The Hall–Kier alpha value is 0.390. The van der Waals surface area contributed by atoms with Crippen molar-refractivity contribution in [2.24, 2.45) is 0 Å². The van der Waals surface area contributed by atoms with E-state index in [1.807, 2.05) is 13.8 Å². The molecule has 0 saturated heterocycles. The Balaban J connectivity index is 2.85. The zero-order chi connectivity index (χ0) is 15.1. The van der Waals surface area contributed by atoms with E-state index >= 15 is 0 Å². The summed E-state index contributed by atoms with van der Waals surface area (Å²) >= 11 is 3.58. The van der Waals surface area contributed by atoms with Crippen LogP contribution in [0.2, 0.25) is 0 Å². The van der Waals surface area contributed by atoms with Gasteiger partial charge in [-0.1, -0.05) is 13.8 Å². The van der Waals surface area contributed by atoms with E-state index in [9.17, 15) is 4.57 Å². The summed E-state index contributed by atoms with van der Waals surface area (Å²) in [6.45, 7) is 8.62. The van der Waals surface area contributed by atoms with Gasteiger partial charge in [-0.15, -0.1) is 23.5 Å². The third-order valence-electron chi connectivity index (χ3n) is 2.74. The zero-order valence-corrected chi connectivity index (χ0v) is 15.2. The maximum atomic E-state index is 12.7. The van der Waals surface area contributed by atoms with Crippen LogP contribution in [0.5, 0.6) is 0 Å². The number of hydrogen-bond donors (Lipinski definition) is 0. The summed E-state index contributed by atoms with van der Waals surface area (Å²) < 4.78 is 29.1. The van der Waals surface area contributed by atoms with Crippen LogP contribution in [0.15, 0.2) is 11.6 Å². The van der Waals surface area contributed by atoms with Crippen molar-refractivity contribution in [3.8, 4) is 0 Å². The Labute approximate surface area is 130 Å². The van der Waals surface area contributed by atoms with Crippen molar-refractivity contribution < 1.29 is 18.3 Å². The second kappa shape index (κ2) is 8.74. The van der Waals surface area contributed by atoms with E-state index in [4.69, 9.17) is 13.8 Å². The van der Waals surface area contributed by atoms with Gasteiger partial charge in [-0.2, -0.15) is 0 Å². The standard InChI is InChI=1S/C13H25O4PS2/c1-5-16-18(14,17-6-2)12-9-10-13(15-11-12,19-7-3)20-8-4/h11H,5-10H2,1-4H3. The van der Waals surface area contributed by atoms with Gasteiger partial charge in [0.05, 0.1) is 24.8 Å². The van der Waals surface area contributed by atoms with Crippen LogP contribution in [0.3, 0.4) is 0 Å². The van der Waals surface area contributed by atoms with E-state index in [1.54, 1.807) is 29.8 Å². The minimum atomic E-state index is -3.17. The SMILES string of the molecule is CCOP(=O)(OCC)C1=COC(SCC)(SCC)CC1. The van der Waals surface area contributed by atoms with E-state index in [1.165, 1.54) is 0 Å². The molecule has 0 aromatic heterocycles. The predicted molar refractivity (Wildman–Crippen MR) is 88.3 cm³/mol. The van der Waals surface area contributed by atoms with Gasteiger partial charge < -0.3 is 13.8 Å². The molecule has 0 fully saturated rings. The number of rotatable bonds is 9. The molecule has 0 bridgehead atoms. The average Bonchev–Trinajstić information content (AvgIpc) is 2.40. The minimum absolute atomic E-state index is 0.254. The molecule has 1 heterocycles. The minimum Gasteiger partial charge on any atom is -0.474 e. The maximum absolute atomic E-state index is 12.7. The molecule has 4 nitrogen and oxygen atoms in total. The predicted octanol–water partition coefficient (Wildman–Crippen LogP) is 5.06. The van der Waals surface area contributed by atoms with Gasteiger partial charge in [0.2, 0.25) is 4.27 Å². The monoisotopic (exact) mass is 340 g/mol. The summed E-state index contributed by atoms with van der Waals surface area (Å²) in [5.41, 5.74) is 0. The van der Waals surface area contributed by atoms with Crippen LogP contribution >= 0.6 is 31.1 Å². The van der Waals surface area contributed by atoms with Crippen molar-refractivity contribution in [1.29, 1.82) is 0 Å². The van der Waals surface area contributed by atoms with Crippen LogP contribution in [-0.2, 0) is 18.3 Å². The zero-order valence-electron chi connectivity index (χ0n) is 12.7. The van der Waals surface area contributed by atoms with Gasteiger partial charge in [0.1, 0.15) is 0 Å². The molecule has 118 valence electrons. The number of thioether (sulfide) groups is 2. The molecular formula is C13H25O4PS2. The van der Waals surface area contributed by atoms with Gasteiger partial charge >= 0.3 is 7.60 Å². The van der Waals surface area contributed by atoms with E-state index in [0.717, 1.165) is 17.9 Å². The molecule has 0 unspecified atom stereocenters. The summed E-state index contributed by atoms with van der Waals surface area (Å²) in [7, 11) is -3.17. The molecule has 0 aliphatic carbocycles. The molecular weight excluding hydrogens is 315 g/mol. The Bertz CT molecular complexity index is 357. The molecule has 0 amide bonds. The topological polar surface area (TPSA) is 44.8 Å². The Morgan fingerprint density at radius 1 is 1.20 bits per heavy atom. The first-order chi connectivity index (χ1) is 9.55. The fourth-order valence-corrected chi connectivity index (χ4v) is 6.29. The Morgan fingerprint density at radius 2 is 1.75 bits per heavy atom. The van der Waals surface area contributed by atoms with Crippen molar-refractivity contribution in [2.75, 3.05) is 24.7 Å². The van der Waals surface area contributed by atoms with E-state index in [2.05, 4.69) is 13.8 Å². The fourth-order valence-electron chi connectivity index (χ4n) is 2.00. The van der Waals surface area contributed by atoms with Crippen LogP contribution in [0.25, 0.3) is 0 Å². The first kappa shape index (κ1) is 18.4. The molecule has 1 aliphatic heterocycles. The molecule has 20 heavy (non-hydrogen) atoms. The van der Waals surface area contributed by atoms with Crippen molar-refractivity contribution >= 4 is 31.1 Å². The molecule has 0 aromatic rings. The lowest BCUT2D eigenvalue weighted by Gasteiger charge is -2.36. The molecule has 1 aliphatic rings. The van der Waals surface area contributed by atoms with Gasteiger partial charge in [0, 0.05) is 6.42 Å². The smallest absolute Gasteiger partial charge is 0.360 e. The molecule has 0 saturated carbocycles. The van der Waals surface area contributed by atoms with Crippen molar-refractivity contribution in [1.82, 2.24) is 0 Å². The van der Waals surface area contributed by atoms with Gasteiger partial charge in [0.15, 0.2) is 0 Å². The Kier molecular flexibility index (Phi) is 8.06.